The van der Waals surface area contributed by atoms with E-state index in [0.717, 1.165) is 0 Å². The van der Waals surface area contributed by atoms with Crippen molar-refractivity contribution >= 4 is 11.9 Å². The number of carbonyl (C=O) groups is 2. The predicted octanol–water partition coefficient (Wildman–Crippen LogP) is 2.73. The average molecular weight is 216 g/mol. The summed E-state index contributed by atoms with van der Waals surface area (Å²) in [5, 5.41) is 16.1. The fourth-order valence-electron chi connectivity index (χ4n) is 0.391. The van der Waals surface area contributed by atoms with Crippen LogP contribution in [0.1, 0.15) is 19.3 Å². The lowest BCUT2D eigenvalue weighted by atomic mass is 10.2. The Morgan fingerprint density at radius 1 is 0.733 bits per heavy atom. The van der Waals surface area contributed by atoms with Gasteiger partial charge < -0.3 is 10.2 Å². The van der Waals surface area contributed by atoms with E-state index in [0.29, 0.717) is 0 Å². The number of hydrogen-bond donors (Lipinski definition) is 2. The molecule has 0 fully saturated rings. The molecule has 0 unspecified atom stereocenters. The van der Waals surface area contributed by atoms with Gasteiger partial charge in [0, 0.05) is 12.8 Å². The van der Waals surface area contributed by atoms with Gasteiger partial charge in [0.1, 0.15) is 0 Å². The van der Waals surface area contributed by atoms with Crippen molar-refractivity contribution in [3.8, 4) is 0 Å². The second kappa shape index (κ2) is 29.5. The summed E-state index contributed by atoms with van der Waals surface area (Å²) >= 11 is 0. The summed E-state index contributed by atoms with van der Waals surface area (Å²) in [5.41, 5.74) is 0. The van der Waals surface area contributed by atoms with Crippen molar-refractivity contribution in [2.75, 3.05) is 0 Å². The van der Waals surface area contributed by atoms with Gasteiger partial charge >= 0.3 is 11.9 Å². The molecule has 0 heterocycles. The Balaban J connectivity index is -0.0000000860. The first-order valence-electron chi connectivity index (χ1n) is 4.06. The van der Waals surface area contributed by atoms with Gasteiger partial charge in [-0.05, 0) is 6.42 Å². The van der Waals surface area contributed by atoms with Gasteiger partial charge in [0.15, 0.2) is 0 Å². The average Bonchev–Trinajstić information content (AvgIpc) is 2.25. The molecule has 0 radical (unpaired) electrons. The molecule has 0 aromatic heterocycles. The largest absolute Gasteiger partial charge is 0.481 e. The molecule has 15 heavy (non-hydrogen) atoms. The molecule has 0 bridgehead atoms. The third-order valence-corrected chi connectivity index (χ3v) is 0.781. The van der Waals surface area contributed by atoms with Crippen LogP contribution in [0, 0.1) is 0 Å². The molecule has 0 spiro atoms. The zero-order valence-corrected chi connectivity index (χ0v) is 9.07. The maximum atomic E-state index is 9.79. The van der Waals surface area contributed by atoms with Crippen molar-refractivity contribution in [2.24, 2.45) is 0 Å². The Morgan fingerprint density at radius 2 is 0.933 bits per heavy atom. The molecule has 0 amide bonds. The molecular formula is C11H20O4. The highest BCUT2D eigenvalue weighted by Gasteiger charge is 1.99. The molecule has 0 aromatic rings. The zero-order valence-electron chi connectivity index (χ0n) is 9.07. The first-order chi connectivity index (χ1) is 7.13. The van der Waals surface area contributed by atoms with Gasteiger partial charge in [-0.3, -0.25) is 9.59 Å². The minimum absolute atomic E-state index is 0.0632. The molecule has 0 rings (SSSR count). The van der Waals surface area contributed by atoms with E-state index >= 15 is 0 Å². The van der Waals surface area contributed by atoms with Gasteiger partial charge in [0.2, 0.25) is 0 Å². The van der Waals surface area contributed by atoms with Crippen LogP contribution in [-0.4, -0.2) is 22.2 Å². The lowest BCUT2D eigenvalue weighted by Crippen LogP contribution is -1.98. The van der Waals surface area contributed by atoms with Crippen LogP contribution >= 0.6 is 0 Å². The third kappa shape index (κ3) is 72.5. The fraction of sp³-hybridized carbons (Fsp3) is 0.273. The topological polar surface area (TPSA) is 74.6 Å². The summed E-state index contributed by atoms with van der Waals surface area (Å²) in [6.07, 6.45) is 0.0866. The fourth-order valence-corrected chi connectivity index (χ4v) is 0.391. The monoisotopic (exact) mass is 216 g/mol. The van der Waals surface area contributed by atoms with Gasteiger partial charge in [0.25, 0.3) is 0 Å². The van der Waals surface area contributed by atoms with E-state index in [2.05, 4.69) is 39.5 Å². The normalized spacial score (nSPS) is 6.13. The number of carboxylic acid groups (broad SMARTS) is 2. The van der Waals surface area contributed by atoms with Crippen LogP contribution in [0.25, 0.3) is 0 Å². The summed E-state index contributed by atoms with van der Waals surface area (Å²) in [5.74, 6) is -1.90. The van der Waals surface area contributed by atoms with Crippen LogP contribution < -0.4 is 0 Å². The number of carboxylic acids is 2. The molecule has 0 aromatic carbocycles. The van der Waals surface area contributed by atoms with Gasteiger partial charge in [-0.15, -0.1) is 39.5 Å². The highest BCUT2D eigenvalue weighted by Crippen LogP contribution is 1.93. The standard InChI is InChI=1S/C5H8O4.3C2H4/c6-4(7)2-1-3-5(8)9;3*1-2/h1-3H2,(H,6,7)(H,8,9);3*1-2H2. The summed E-state index contributed by atoms with van der Waals surface area (Å²) < 4.78 is 0. The maximum absolute atomic E-state index is 9.79. The SMILES string of the molecule is C=C.C=C.C=C.O=C(O)CCCC(=O)O. The lowest BCUT2D eigenvalue weighted by molar-refractivity contribution is -0.138. The lowest BCUT2D eigenvalue weighted by Gasteiger charge is -1.89. The van der Waals surface area contributed by atoms with Crippen molar-refractivity contribution in [1.82, 2.24) is 0 Å². The second-order valence-electron chi connectivity index (χ2n) is 1.64. The Kier molecular flexibility index (Phi) is 45.7. The van der Waals surface area contributed by atoms with Gasteiger partial charge in [0.05, 0.1) is 0 Å². The van der Waals surface area contributed by atoms with E-state index in [1.807, 2.05) is 0 Å². The number of rotatable bonds is 4. The quantitative estimate of drug-likeness (QED) is 0.708. The smallest absolute Gasteiger partial charge is 0.303 e. The zero-order chi connectivity index (χ0) is 13.3. The second-order valence-corrected chi connectivity index (χ2v) is 1.64. The van der Waals surface area contributed by atoms with Gasteiger partial charge in [-0.2, -0.15) is 0 Å². The Bertz CT molecular complexity index is 136. The minimum Gasteiger partial charge on any atom is -0.481 e. The molecule has 0 aliphatic heterocycles. The van der Waals surface area contributed by atoms with E-state index in [1.54, 1.807) is 0 Å². The molecule has 0 aliphatic carbocycles. The van der Waals surface area contributed by atoms with E-state index in [4.69, 9.17) is 10.2 Å². The van der Waals surface area contributed by atoms with E-state index in [-0.39, 0.29) is 19.3 Å². The Labute approximate surface area is 91.2 Å². The molecule has 0 saturated carbocycles. The first kappa shape index (κ1) is 23.2. The molecule has 0 saturated heterocycles. The molecule has 0 atom stereocenters. The van der Waals surface area contributed by atoms with E-state index in [1.165, 1.54) is 0 Å². The first-order valence-corrected chi connectivity index (χ1v) is 4.06. The highest BCUT2D eigenvalue weighted by molar-refractivity contribution is 5.69. The molecule has 2 N–H and O–H groups in total. The third-order valence-electron chi connectivity index (χ3n) is 0.781. The van der Waals surface area contributed by atoms with Gasteiger partial charge in [-0.1, -0.05) is 0 Å². The summed E-state index contributed by atoms with van der Waals surface area (Å²) in [6, 6.07) is 0. The molecule has 4 nitrogen and oxygen atoms in total. The molecule has 4 heteroatoms. The van der Waals surface area contributed by atoms with E-state index < -0.39 is 11.9 Å². The van der Waals surface area contributed by atoms with Crippen LogP contribution in [0.5, 0.6) is 0 Å². The Hall–Kier alpha value is -1.84. The van der Waals surface area contributed by atoms with Gasteiger partial charge in [-0.25, -0.2) is 0 Å². The molecule has 88 valence electrons. The minimum atomic E-state index is -0.948. The maximum Gasteiger partial charge on any atom is 0.303 e. The van der Waals surface area contributed by atoms with Crippen molar-refractivity contribution in [3.63, 3.8) is 0 Å². The highest BCUT2D eigenvalue weighted by atomic mass is 16.4. The Morgan fingerprint density at radius 3 is 1.07 bits per heavy atom. The van der Waals surface area contributed by atoms with Crippen LogP contribution in [-0.2, 0) is 9.59 Å². The summed E-state index contributed by atoms with van der Waals surface area (Å²) in [6.45, 7) is 18.0. The van der Waals surface area contributed by atoms with Crippen molar-refractivity contribution < 1.29 is 19.8 Å². The van der Waals surface area contributed by atoms with Crippen molar-refractivity contribution in [1.29, 1.82) is 0 Å². The molecule has 0 aliphatic rings. The van der Waals surface area contributed by atoms with Crippen molar-refractivity contribution in [3.05, 3.63) is 39.5 Å². The van der Waals surface area contributed by atoms with E-state index in [9.17, 15) is 9.59 Å². The number of aliphatic carboxylic acids is 2. The van der Waals surface area contributed by atoms with Crippen molar-refractivity contribution in [2.45, 2.75) is 19.3 Å². The van der Waals surface area contributed by atoms with Crippen LogP contribution in [0.4, 0.5) is 0 Å². The predicted molar refractivity (Wildman–Crippen MR) is 62.9 cm³/mol. The molecular weight excluding hydrogens is 196 g/mol. The van der Waals surface area contributed by atoms with Crippen LogP contribution in [0.2, 0.25) is 0 Å². The number of hydrogen-bond acceptors (Lipinski definition) is 2. The summed E-state index contributed by atoms with van der Waals surface area (Å²) in [4.78, 5) is 19.6. The summed E-state index contributed by atoms with van der Waals surface area (Å²) in [7, 11) is 0. The van der Waals surface area contributed by atoms with Crippen LogP contribution in [0.3, 0.4) is 0 Å². The van der Waals surface area contributed by atoms with Crippen LogP contribution in [0.15, 0.2) is 39.5 Å².